The maximum atomic E-state index is 13.7. The molecule has 1 saturated heterocycles. The number of allylic oxidation sites excluding steroid dienone is 1. The van der Waals surface area contributed by atoms with Gasteiger partial charge in [-0.2, -0.15) is 0 Å². The lowest BCUT2D eigenvalue weighted by molar-refractivity contribution is -0.134. The number of esters is 1. The number of pyridine rings is 1. The lowest BCUT2D eigenvalue weighted by Gasteiger charge is -2.42. The van der Waals surface area contributed by atoms with Crippen LogP contribution in [0.3, 0.4) is 0 Å². The van der Waals surface area contributed by atoms with E-state index in [0.717, 1.165) is 12.1 Å². The van der Waals surface area contributed by atoms with E-state index in [-0.39, 0.29) is 77.7 Å². The first-order chi connectivity index (χ1) is 26.5. The zero-order chi connectivity index (χ0) is 38.6. The van der Waals surface area contributed by atoms with Crippen LogP contribution >= 0.6 is 0 Å². The van der Waals surface area contributed by atoms with Gasteiger partial charge in [0.15, 0.2) is 11.5 Å². The lowest BCUT2D eigenvalue weighted by atomic mass is 9.83. The van der Waals surface area contributed by atoms with E-state index in [4.69, 9.17) is 14.2 Å². The van der Waals surface area contributed by atoms with Crippen LogP contribution in [0.1, 0.15) is 109 Å². The van der Waals surface area contributed by atoms with Crippen molar-refractivity contribution in [2.24, 2.45) is 5.92 Å². The second kappa shape index (κ2) is 16.4. The molecule has 4 aliphatic heterocycles. The largest absolute Gasteiger partial charge is 0.507 e. The van der Waals surface area contributed by atoms with E-state index < -0.39 is 29.6 Å². The molecule has 290 valence electrons. The van der Waals surface area contributed by atoms with E-state index in [1.165, 1.54) is 6.07 Å². The SMILES string of the molecule is C[C@H]1CCCC(=O)CCCC=Cc2cc(O)c(C(CC(=O)NCCC(=O)N3CC4CC(C3)c3cccc(=O)n3C4)c3ccc4c(c3)OCO4)c(O)c2C(=O)O1. The molecule has 4 atom stereocenters. The Bertz CT molecular complexity index is 2070. The molecule has 13 heteroatoms. The molecule has 0 saturated carbocycles. The van der Waals surface area contributed by atoms with Gasteiger partial charge in [0.1, 0.15) is 22.8 Å². The van der Waals surface area contributed by atoms with Crippen molar-refractivity contribution >= 4 is 29.6 Å². The molecule has 1 aromatic heterocycles. The maximum Gasteiger partial charge on any atom is 0.342 e. The highest BCUT2D eigenvalue weighted by Crippen LogP contribution is 2.46. The molecule has 55 heavy (non-hydrogen) atoms. The summed E-state index contributed by atoms with van der Waals surface area (Å²) in [6, 6.07) is 11.7. The van der Waals surface area contributed by atoms with Crippen molar-refractivity contribution in [1.29, 1.82) is 0 Å². The molecule has 3 aromatic rings. The molecule has 13 nitrogen and oxygen atoms in total. The summed E-state index contributed by atoms with van der Waals surface area (Å²) in [6.07, 6.45) is 6.65. The van der Waals surface area contributed by atoms with Crippen molar-refractivity contribution in [2.45, 2.75) is 89.2 Å². The number of piperidine rings is 1. The fourth-order valence-electron chi connectivity index (χ4n) is 8.36. The molecule has 3 unspecified atom stereocenters. The molecule has 2 amide bonds. The molecule has 0 radical (unpaired) electrons. The van der Waals surface area contributed by atoms with Crippen LogP contribution in [-0.2, 0) is 25.7 Å². The van der Waals surface area contributed by atoms with Crippen LogP contribution in [0, 0.1) is 5.92 Å². The third-order valence-electron chi connectivity index (χ3n) is 11.1. The molecular formula is C42H47N3O10. The Labute approximate surface area is 318 Å². The molecule has 1 fully saturated rings. The summed E-state index contributed by atoms with van der Waals surface area (Å²) in [5, 5.41) is 26.3. The number of carbonyl (C=O) groups excluding carboxylic acids is 4. The number of cyclic esters (lactones) is 1. The van der Waals surface area contributed by atoms with Crippen LogP contribution < -0.4 is 20.3 Å². The van der Waals surface area contributed by atoms with E-state index in [1.54, 1.807) is 49.4 Å². The Balaban J connectivity index is 1.11. The summed E-state index contributed by atoms with van der Waals surface area (Å²) in [5.74, 6) is -1.77. The second-order valence-electron chi connectivity index (χ2n) is 15.0. The molecular weight excluding hydrogens is 706 g/mol. The molecule has 5 heterocycles. The van der Waals surface area contributed by atoms with Crippen molar-refractivity contribution in [2.75, 3.05) is 26.4 Å². The second-order valence-corrected chi connectivity index (χ2v) is 15.0. The van der Waals surface area contributed by atoms with E-state index >= 15 is 0 Å². The number of aromatic hydroxyl groups is 2. The van der Waals surface area contributed by atoms with Gasteiger partial charge in [-0.25, -0.2) is 4.79 Å². The lowest BCUT2D eigenvalue weighted by Crippen LogP contribution is -2.49. The average molecular weight is 754 g/mol. The Morgan fingerprint density at radius 2 is 1.80 bits per heavy atom. The van der Waals surface area contributed by atoms with E-state index in [9.17, 15) is 34.2 Å². The fourth-order valence-corrected chi connectivity index (χ4v) is 8.36. The van der Waals surface area contributed by atoms with Gasteiger partial charge in [-0.1, -0.05) is 24.3 Å². The molecule has 0 aliphatic carbocycles. The molecule has 7 rings (SSSR count). The minimum absolute atomic E-state index is 0.0153. The highest BCUT2D eigenvalue weighted by molar-refractivity contribution is 5.98. The summed E-state index contributed by atoms with van der Waals surface area (Å²) in [7, 11) is 0. The van der Waals surface area contributed by atoms with E-state index in [1.807, 2.05) is 15.5 Å². The van der Waals surface area contributed by atoms with Crippen LogP contribution in [-0.4, -0.2) is 75.8 Å². The highest BCUT2D eigenvalue weighted by atomic mass is 16.7. The number of phenolic OH excluding ortho intramolecular Hbond substituents is 2. The van der Waals surface area contributed by atoms with Crippen LogP contribution in [0.15, 0.2) is 53.3 Å². The Morgan fingerprint density at radius 3 is 2.65 bits per heavy atom. The van der Waals surface area contributed by atoms with Gasteiger partial charge < -0.3 is 39.2 Å². The molecule has 2 aromatic carbocycles. The minimum atomic E-state index is -0.950. The first kappa shape index (κ1) is 37.7. The number of fused-ring (bicyclic) bond motifs is 6. The smallest absolute Gasteiger partial charge is 0.342 e. The van der Waals surface area contributed by atoms with Gasteiger partial charge in [0.25, 0.3) is 5.56 Å². The van der Waals surface area contributed by atoms with Gasteiger partial charge in [0.05, 0.1) is 6.10 Å². The van der Waals surface area contributed by atoms with Gasteiger partial charge in [-0.05, 0) is 80.3 Å². The fraction of sp³-hybridized carbons (Fsp3) is 0.452. The maximum absolute atomic E-state index is 13.7. The summed E-state index contributed by atoms with van der Waals surface area (Å²) < 4.78 is 18.6. The van der Waals surface area contributed by atoms with Crippen LogP contribution in [0.4, 0.5) is 0 Å². The molecule has 0 spiro atoms. The average Bonchev–Trinajstić information content (AvgIpc) is 3.62. The third-order valence-corrected chi connectivity index (χ3v) is 11.1. The number of ketones is 1. The number of hydrogen-bond acceptors (Lipinski definition) is 10. The van der Waals surface area contributed by atoms with Crippen molar-refractivity contribution in [3.8, 4) is 23.0 Å². The highest BCUT2D eigenvalue weighted by Gasteiger charge is 2.36. The monoisotopic (exact) mass is 753 g/mol. The van der Waals surface area contributed by atoms with E-state index in [2.05, 4.69) is 5.32 Å². The number of aromatic nitrogens is 1. The summed E-state index contributed by atoms with van der Waals surface area (Å²) in [4.78, 5) is 67.2. The zero-order valence-electron chi connectivity index (χ0n) is 31.0. The topological polar surface area (TPSA) is 174 Å². The number of benzene rings is 2. The molecule has 3 N–H and O–H groups in total. The normalized spacial score (nSPS) is 21.5. The molecule has 4 aliphatic rings. The van der Waals surface area contributed by atoms with Crippen molar-refractivity contribution in [3.05, 3.63) is 86.8 Å². The van der Waals surface area contributed by atoms with Gasteiger partial charge in [-0.3, -0.25) is 19.2 Å². The number of rotatable bonds is 7. The number of nitrogens with one attached hydrogen (secondary N) is 1. The molecule has 2 bridgehead atoms. The van der Waals surface area contributed by atoms with Gasteiger partial charge >= 0.3 is 5.97 Å². The number of likely N-dealkylation sites (tertiary alicyclic amines) is 1. The third kappa shape index (κ3) is 8.40. The minimum Gasteiger partial charge on any atom is -0.507 e. The predicted molar refractivity (Wildman–Crippen MR) is 201 cm³/mol. The Morgan fingerprint density at radius 1 is 0.982 bits per heavy atom. The number of phenols is 2. The van der Waals surface area contributed by atoms with Crippen LogP contribution in [0.25, 0.3) is 6.08 Å². The quantitative estimate of drug-likeness (QED) is 0.274. The standard InChI is InChI=1S/C42H47N3O10/c1-25-7-5-10-30(46)9-4-2-3-8-28-18-33(47)40(41(51)39(28)42(52)55-25)31(27-13-14-34-35(19-27)54-24-53-34)20-36(48)43-16-15-37(49)44-21-26-17-29(23-44)32-11-6-12-38(50)45(32)22-26/h3,6,8,11-14,18-19,25-26,29,31,47,51H,2,4-5,7,9-10,15-17,20-24H2,1H3,(H,43,48)/t25-,26?,29?,31?/m0/s1. The van der Waals surface area contributed by atoms with Crippen LogP contribution in [0.5, 0.6) is 23.0 Å². The van der Waals surface area contributed by atoms with Gasteiger partial charge in [0, 0.05) is 81.0 Å². The summed E-state index contributed by atoms with van der Waals surface area (Å²) in [5.41, 5.74) is 1.51. The predicted octanol–water partition coefficient (Wildman–Crippen LogP) is 5.14. The number of nitrogens with zero attached hydrogens (tertiary/aromatic N) is 2. The number of ether oxygens (including phenoxy) is 3. The Kier molecular flexibility index (Phi) is 11.3. The van der Waals surface area contributed by atoms with Crippen molar-refractivity contribution in [1.82, 2.24) is 14.8 Å². The van der Waals surface area contributed by atoms with Gasteiger partial charge in [-0.15, -0.1) is 0 Å². The first-order valence-corrected chi connectivity index (χ1v) is 19.2. The first-order valence-electron chi connectivity index (χ1n) is 19.2. The number of Topliss-reactive ketones (excluding diaryl/α,β-unsaturated/α-hetero) is 1. The van der Waals surface area contributed by atoms with Gasteiger partial charge in [0.2, 0.25) is 18.6 Å². The number of carbonyl (C=O) groups is 4. The van der Waals surface area contributed by atoms with E-state index in [0.29, 0.717) is 75.2 Å². The van der Waals surface area contributed by atoms with Crippen molar-refractivity contribution in [3.63, 3.8) is 0 Å². The Hall–Kier alpha value is -5.59. The van der Waals surface area contributed by atoms with Crippen molar-refractivity contribution < 1.29 is 43.6 Å². The summed E-state index contributed by atoms with van der Waals surface area (Å²) >= 11 is 0. The number of amides is 2. The van der Waals surface area contributed by atoms with Crippen LogP contribution in [0.2, 0.25) is 0 Å². The zero-order valence-corrected chi connectivity index (χ0v) is 31.0. The number of hydrogen-bond donors (Lipinski definition) is 3. The summed E-state index contributed by atoms with van der Waals surface area (Å²) in [6.45, 7) is 3.43.